The fraction of sp³-hybridized carbons (Fsp3) is 0.762. The summed E-state index contributed by atoms with van der Waals surface area (Å²) < 4.78 is 5.97. The molecule has 0 rings (SSSR count). The summed E-state index contributed by atoms with van der Waals surface area (Å²) in [6.45, 7) is 4.49. The molecular formula is C42H74O4. The number of ether oxygens (including phenoxy) is 1. The van der Waals surface area contributed by atoms with Crippen LogP contribution in [0.15, 0.2) is 48.6 Å². The Hall–Kier alpha value is -2.10. The summed E-state index contributed by atoms with van der Waals surface area (Å²) in [6, 6.07) is 0. The van der Waals surface area contributed by atoms with E-state index in [1.54, 1.807) is 0 Å². The Bertz CT molecular complexity index is 779. The fourth-order valence-electron chi connectivity index (χ4n) is 5.60. The van der Waals surface area contributed by atoms with E-state index in [1.807, 2.05) is 0 Å². The molecule has 4 heteroatoms. The molecule has 0 fully saturated rings. The van der Waals surface area contributed by atoms with Gasteiger partial charge in [0, 0.05) is 12.8 Å². The first kappa shape index (κ1) is 43.9. The lowest BCUT2D eigenvalue weighted by Crippen LogP contribution is -2.18. The van der Waals surface area contributed by atoms with Gasteiger partial charge in [0.05, 0.1) is 0 Å². The molecule has 0 heterocycles. The predicted molar refractivity (Wildman–Crippen MR) is 199 cm³/mol. The molecule has 0 aliphatic rings. The molecule has 46 heavy (non-hydrogen) atoms. The summed E-state index contributed by atoms with van der Waals surface area (Å²) in [7, 11) is 0. The van der Waals surface area contributed by atoms with E-state index < -0.39 is 5.97 Å². The van der Waals surface area contributed by atoms with E-state index in [9.17, 15) is 9.59 Å². The molecule has 1 N–H and O–H groups in total. The maximum absolute atomic E-state index is 12.6. The van der Waals surface area contributed by atoms with Crippen molar-refractivity contribution in [2.45, 2.75) is 206 Å². The minimum Gasteiger partial charge on any atom is -0.481 e. The van der Waals surface area contributed by atoms with E-state index in [0.29, 0.717) is 6.42 Å². The molecule has 1 atom stereocenters. The molecule has 0 saturated heterocycles. The zero-order valence-electron chi connectivity index (χ0n) is 30.4. The number of rotatable bonds is 35. The zero-order valence-corrected chi connectivity index (χ0v) is 30.4. The second-order valence-corrected chi connectivity index (χ2v) is 13.1. The number of allylic oxidation sites excluding steroid dienone is 8. The Balaban J connectivity index is 4.09. The molecule has 0 saturated carbocycles. The number of carboxylic acid groups (broad SMARTS) is 1. The summed E-state index contributed by atoms with van der Waals surface area (Å²) >= 11 is 0. The number of carboxylic acids is 1. The molecule has 0 aromatic heterocycles. The molecule has 0 aromatic rings. The van der Waals surface area contributed by atoms with Crippen molar-refractivity contribution in [3.05, 3.63) is 48.6 Å². The van der Waals surface area contributed by atoms with E-state index in [1.165, 1.54) is 89.9 Å². The Labute approximate surface area is 285 Å². The number of hydrogen-bond donors (Lipinski definition) is 1. The van der Waals surface area contributed by atoms with Crippen molar-refractivity contribution in [3.63, 3.8) is 0 Å². The van der Waals surface area contributed by atoms with Gasteiger partial charge in [-0.3, -0.25) is 9.59 Å². The molecule has 266 valence electrons. The van der Waals surface area contributed by atoms with Crippen molar-refractivity contribution in [2.24, 2.45) is 0 Å². The minimum absolute atomic E-state index is 0.00856. The molecular weight excluding hydrogens is 568 g/mol. The van der Waals surface area contributed by atoms with E-state index in [4.69, 9.17) is 9.84 Å². The summed E-state index contributed by atoms with van der Waals surface area (Å²) in [5.41, 5.74) is 0. The van der Waals surface area contributed by atoms with E-state index in [2.05, 4.69) is 62.5 Å². The highest BCUT2D eigenvalue weighted by Gasteiger charge is 2.14. The molecule has 1 unspecified atom stereocenters. The first-order valence-electron chi connectivity index (χ1n) is 19.6. The predicted octanol–water partition coefficient (Wildman–Crippen LogP) is 13.6. The van der Waals surface area contributed by atoms with Gasteiger partial charge >= 0.3 is 11.9 Å². The second-order valence-electron chi connectivity index (χ2n) is 13.1. The normalized spacial score (nSPS) is 12.7. The third kappa shape index (κ3) is 36.4. The third-order valence-electron chi connectivity index (χ3n) is 8.52. The van der Waals surface area contributed by atoms with Crippen LogP contribution < -0.4 is 0 Å². The summed E-state index contributed by atoms with van der Waals surface area (Å²) in [4.78, 5) is 23.3. The average molecular weight is 643 g/mol. The van der Waals surface area contributed by atoms with E-state index in [0.717, 1.165) is 83.5 Å². The van der Waals surface area contributed by atoms with Gasteiger partial charge in [0.1, 0.15) is 6.10 Å². The van der Waals surface area contributed by atoms with Gasteiger partial charge in [-0.2, -0.15) is 0 Å². The Kier molecular flexibility index (Phi) is 35.7. The quantitative estimate of drug-likeness (QED) is 0.0424. The number of esters is 1. The number of unbranched alkanes of at least 4 members (excludes halogenated alkanes) is 18. The maximum atomic E-state index is 12.6. The molecule has 0 amide bonds. The van der Waals surface area contributed by atoms with Crippen LogP contribution in [0, 0.1) is 0 Å². The van der Waals surface area contributed by atoms with E-state index >= 15 is 0 Å². The number of hydrogen-bond acceptors (Lipinski definition) is 3. The lowest BCUT2D eigenvalue weighted by atomic mass is 10.0. The Morgan fingerprint density at radius 3 is 1.37 bits per heavy atom. The number of carbonyl (C=O) groups is 2. The summed E-state index contributed by atoms with van der Waals surface area (Å²) in [5.74, 6) is -0.739. The SMILES string of the molecule is CCCCC/C=C\C/C=C\CCCCCCCCCC(=O)OC(CCC/C=C\C/C=C\CCCCC)CCCCCCCC(=O)O. The molecule has 0 bridgehead atoms. The number of aliphatic carboxylic acids is 1. The zero-order chi connectivity index (χ0) is 33.6. The van der Waals surface area contributed by atoms with Crippen LogP contribution in [0.3, 0.4) is 0 Å². The van der Waals surface area contributed by atoms with Crippen molar-refractivity contribution < 1.29 is 19.4 Å². The Morgan fingerprint density at radius 1 is 0.478 bits per heavy atom. The minimum atomic E-state index is -0.709. The first-order chi connectivity index (χ1) is 22.6. The van der Waals surface area contributed by atoms with Crippen molar-refractivity contribution in [3.8, 4) is 0 Å². The average Bonchev–Trinajstić information content (AvgIpc) is 3.04. The number of carbonyl (C=O) groups excluding carboxylic acids is 1. The van der Waals surface area contributed by atoms with Crippen LogP contribution in [-0.2, 0) is 14.3 Å². The lowest BCUT2D eigenvalue weighted by Gasteiger charge is -2.18. The topological polar surface area (TPSA) is 63.6 Å². The molecule has 0 spiro atoms. The van der Waals surface area contributed by atoms with Gasteiger partial charge in [-0.1, -0.05) is 140 Å². The van der Waals surface area contributed by atoms with Gasteiger partial charge in [0.2, 0.25) is 0 Å². The van der Waals surface area contributed by atoms with Crippen LogP contribution in [0.25, 0.3) is 0 Å². The van der Waals surface area contributed by atoms with E-state index in [-0.39, 0.29) is 18.5 Å². The smallest absolute Gasteiger partial charge is 0.306 e. The molecule has 0 aliphatic carbocycles. The summed E-state index contributed by atoms with van der Waals surface area (Å²) in [6.07, 6.45) is 49.8. The van der Waals surface area contributed by atoms with Crippen molar-refractivity contribution in [1.29, 1.82) is 0 Å². The highest BCUT2D eigenvalue weighted by molar-refractivity contribution is 5.69. The van der Waals surface area contributed by atoms with Gasteiger partial charge in [-0.25, -0.2) is 0 Å². The highest BCUT2D eigenvalue weighted by Crippen LogP contribution is 2.18. The first-order valence-corrected chi connectivity index (χ1v) is 19.6. The van der Waals surface area contributed by atoms with Gasteiger partial charge in [0.25, 0.3) is 0 Å². The standard InChI is InChI=1S/C42H74O4/c1-3-5-7-9-11-13-15-16-17-18-19-20-22-24-26-31-35-39-42(45)46-40(37-33-29-27-30-34-38-41(43)44)36-32-28-25-23-21-14-12-10-8-6-4-2/h11-14,16-17,23,25,40H,3-10,15,18-22,24,26-39H2,1-2H3,(H,43,44)/b13-11-,14-12-,17-16-,25-23-. The second kappa shape index (κ2) is 37.4. The van der Waals surface area contributed by atoms with Gasteiger partial charge < -0.3 is 9.84 Å². The van der Waals surface area contributed by atoms with Crippen LogP contribution in [0.2, 0.25) is 0 Å². The molecule has 0 radical (unpaired) electrons. The van der Waals surface area contributed by atoms with Crippen LogP contribution >= 0.6 is 0 Å². The molecule has 0 aromatic carbocycles. The van der Waals surface area contributed by atoms with Crippen molar-refractivity contribution in [1.82, 2.24) is 0 Å². The lowest BCUT2D eigenvalue weighted by molar-refractivity contribution is -0.150. The summed E-state index contributed by atoms with van der Waals surface area (Å²) in [5, 5.41) is 8.81. The molecule has 0 aliphatic heterocycles. The Morgan fingerprint density at radius 2 is 0.870 bits per heavy atom. The monoisotopic (exact) mass is 643 g/mol. The largest absolute Gasteiger partial charge is 0.481 e. The van der Waals surface area contributed by atoms with Gasteiger partial charge in [0.15, 0.2) is 0 Å². The highest BCUT2D eigenvalue weighted by atomic mass is 16.5. The van der Waals surface area contributed by atoms with Crippen LogP contribution in [-0.4, -0.2) is 23.1 Å². The molecule has 4 nitrogen and oxygen atoms in total. The van der Waals surface area contributed by atoms with Gasteiger partial charge in [-0.05, 0) is 96.3 Å². The fourth-order valence-corrected chi connectivity index (χ4v) is 5.60. The maximum Gasteiger partial charge on any atom is 0.306 e. The van der Waals surface area contributed by atoms with Crippen molar-refractivity contribution >= 4 is 11.9 Å². The van der Waals surface area contributed by atoms with Crippen LogP contribution in [0.5, 0.6) is 0 Å². The van der Waals surface area contributed by atoms with Crippen molar-refractivity contribution in [2.75, 3.05) is 0 Å². The van der Waals surface area contributed by atoms with Crippen LogP contribution in [0.4, 0.5) is 0 Å². The third-order valence-corrected chi connectivity index (χ3v) is 8.52. The van der Waals surface area contributed by atoms with Gasteiger partial charge in [-0.15, -0.1) is 0 Å². The van der Waals surface area contributed by atoms with Crippen LogP contribution in [0.1, 0.15) is 200 Å².